The maximum absolute atomic E-state index is 11.9. The zero-order valence-corrected chi connectivity index (χ0v) is 14.1. The van der Waals surface area contributed by atoms with Gasteiger partial charge in [0, 0.05) is 31.1 Å². The second-order valence-electron chi connectivity index (χ2n) is 4.82. The molecule has 0 aromatic carbocycles. The number of Topliss-reactive ketones (excluding diaryl/α,β-unsaturated/α-hetero) is 1. The lowest BCUT2D eigenvalue weighted by atomic mass is 10.1. The minimum absolute atomic E-state index is 0.0445. The summed E-state index contributed by atoms with van der Waals surface area (Å²) in [5, 5.41) is -0.274. The van der Waals surface area contributed by atoms with Gasteiger partial charge >= 0.3 is 0 Å². The van der Waals surface area contributed by atoms with Crippen molar-refractivity contribution >= 4 is 29.4 Å². The molecule has 20 heavy (non-hydrogen) atoms. The summed E-state index contributed by atoms with van der Waals surface area (Å²) >= 11 is 1.44. The van der Waals surface area contributed by atoms with Crippen LogP contribution in [0.4, 0.5) is 0 Å². The minimum atomic E-state index is -0.274. The molecule has 1 aliphatic rings. The lowest BCUT2D eigenvalue weighted by Gasteiger charge is -2.13. The number of ketones is 1. The maximum Gasteiger partial charge on any atom is 0.242 e. The third-order valence-electron chi connectivity index (χ3n) is 2.96. The molecule has 0 aromatic rings. The van der Waals surface area contributed by atoms with Crippen LogP contribution in [0.25, 0.3) is 0 Å². The van der Waals surface area contributed by atoms with Gasteiger partial charge in [-0.25, -0.2) is 0 Å². The monoisotopic (exact) mass is 301 g/mol. The Bertz CT molecular complexity index is 342. The molecular formula is C15H27NO3S. The highest BCUT2D eigenvalue weighted by Crippen LogP contribution is 2.26. The summed E-state index contributed by atoms with van der Waals surface area (Å²) in [5.41, 5.74) is 0. The molecule has 0 aliphatic carbocycles. The lowest BCUT2D eigenvalue weighted by molar-refractivity contribution is -0.138. The van der Waals surface area contributed by atoms with Gasteiger partial charge in [0.1, 0.15) is 5.78 Å². The van der Waals surface area contributed by atoms with Gasteiger partial charge in [0.15, 0.2) is 0 Å². The molecule has 1 aliphatic heterocycles. The average molecular weight is 301 g/mol. The summed E-state index contributed by atoms with van der Waals surface area (Å²) in [5.74, 6) is 0.729. The molecule has 0 bridgehead atoms. The molecule has 116 valence electrons. The van der Waals surface area contributed by atoms with Gasteiger partial charge in [-0.1, -0.05) is 34.6 Å². The molecule has 1 atom stereocenters. The first kappa shape index (κ1) is 19.2. The minimum Gasteiger partial charge on any atom is -0.299 e. The summed E-state index contributed by atoms with van der Waals surface area (Å²) in [6.45, 7) is 10.2. The van der Waals surface area contributed by atoms with E-state index in [0.29, 0.717) is 25.1 Å². The van der Waals surface area contributed by atoms with E-state index in [-0.39, 0.29) is 28.8 Å². The number of thioether (sulfide) groups is 1. The van der Waals surface area contributed by atoms with E-state index >= 15 is 0 Å². The predicted molar refractivity (Wildman–Crippen MR) is 83.7 cm³/mol. The van der Waals surface area contributed by atoms with E-state index in [0.717, 1.165) is 6.42 Å². The average Bonchev–Trinajstić information content (AvgIpc) is 2.69. The van der Waals surface area contributed by atoms with Crippen molar-refractivity contribution in [1.82, 2.24) is 4.90 Å². The molecule has 1 saturated heterocycles. The molecule has 1 rings (SSSR count). The molecule has 1 fully saturated rings. The van der Waals surface area contributed by atoms with Crippen molar-refractivity contribution < 1.29 is 14.4 Å². The number of amides is 2. The van der Waals surface area contributed by atoms with Gasteiger partial charge in [-0.2, -0.15) is 0 Å². The first-order valence-corrected chi connectivity index (χ1v) is 8.50. The molecule has 0 saturated carbocycles. The van der Waals surface area contributed by atoms with Crippen LogP contribution in [-0.4, -0.2) is 40.0 Å². The molecule has 2 amide bonds. The molecule has 1 unspecified atom stereocenters. The third kappa shape index (κ3) is 5.65. The Morgan fingerprint density at radius 2 is 1.95 bits per heavy atom. The number of imide groups is 1. The summed E-state index contributed by atoms with van der Waals surface area (Å²) in [6.07, 6.45) is 1.56. The van der Waals surface area contributed by atoms with E-state index in [1.165, 1.54) is 16.7 Å². The number of nitrogens with zero attached hydrogens (tertiary/aromatic N) is 1. The van der Waals surface area contributed by atoms with Crippen LogP contribution < -0.4 is 0 Å². The quantitative estimate of drug-likeness (QED) is 0.678. The first-order chi connectivity index (χ1) is 9.47. The van der Waals surface area contributed by atoms with Gasteiger partial charge in [-0.3, -0.25) is 19.3 Å². The Morgan fingerprint density at radius 1 is 1.35 bits per heavy atom. The highest BCUT2D eigenvalue weighted by Gasteiger charge is 2.37. The Morgan fingerprint density at radius 3 is 2.45 bits per heavy atom. The number of hydrogen-bond acceptors (Lipinski definition) is 4. The summed E-state index contributed by atoms with van der Waals surface area (Å²) in [6, 6.07) is 0. The van der Waals surface area contributed by atoms with E-state index < -0.39 is 0 Å². The van der Waals surface area contributed by atoms with E-state index in [4.69, 9.17) is 0 Å². The maximum atomic E-state index is 11.9. The number of hydrogen-bond donors (Lipinski definition) is 0. The number of rotatable bonds is 7. The summed E-state index contributed by atoms with van der Waals surface area (Å²) in [7, 11) is 0. The van der Waals surface area contributed by atoms with Crippen LogP contribution in [0.15, 0.2) is 0 Å². The molecule has 0 spiro atoms. The smallest absolute Gasteiger partial charge is 0.242 e. The van der Waals surface area contributed by atoms with Gasteiger partial charge in [-0.15, -0.1) is 11.8 Å². The highest BCUT2D eigenvalue weighted by atomic mass is 32.2. The third-order valence-corrected chi connectivity index (χ3v) is 4.17. The number of carbonyl (C=O) groups is 3. The van der Waals surface area contributed by atoms with E-state index in [1.807, 2.05) is 34.6 Å². The van der Waals surface area contributed by atoms with Crippen LogP contribution in [0, 0.1) is 5.92 Å². The zero-order valence-electron chi connectivity index (χ0n) is 13.3. The van der Waals surface area contributed by atoms with Crippen LogP contribution in [0.5, 0.6) is 0 Å². The van der Waals surface area contributed by atoms with E-state index in [9.17, 15) is 14.4 Å². The fourth-order valence-electron chi connectivity index (χ4n) is 1.83. The molecule has 5 heteroatoms. The molecule has 0 aromatic heterocycles. The molecule has 0 N–H and O–H groups in total. The van der Waals surface area contributed by atoms with Crippen molar-refractivity contribution in [3.63, 3.8) is 0 Å². The lowest BCUT2D eigenvalue weighted by Crippen LogP contribution is -2.32. The topological polar surface area (TPSA) is 54.5 Å². The Balaban J connectivity index is 0.00000172. The molecule has 1 heterocycles. The van der Waals surface area contributed by atoms with Crippen molar-refractivity contribution in [2.45, 2.75) is 59.1 Å². The van der Waals surface area contributed by atoms with Crippen LogP contribution >= 0.6 is 11.8 Å². The van der Waals surface area contributed by atoms with Gasteiger partial charge in [0.05, 0.1) is 5.25 Å². The highest BCUT2D eigenvalue weighted by molar-refractivity contribution is 8.00. The molecule has 4 nitrogen and oxygen atoms in total. The van der Waals surface area contributed by atoms with E-state index in [1.54, 1.807) is 0 Å². The van der Waals surface area contributed by atoms with Crippen molar-refractivity contribution in [3.05, 3.63) is 0 Å². The zero-order chi connectivity index (χ0) is 15.7. The Hall–Kier alpha value is -0.840. The second-order valence-corrected chi connectivity index (χ2v) is 6.13. The second kappa shape index (κ2) is 9.97. The predicted octanol–water partition coefficient (Wildman–Crippen LogP) is 2.90. The fourth-order valence-corrected chi connectivity index (χ4v) is 2.97. The largest absolute Gasteiger partial charge is 0.299 e. The summed E-state index contributed by atoms with van der Waals surface area (Å²) < 4.78 is 0. The number of carbonyl (C=O) groups excluding carboxylic acids is 3. The van der Waals surface area contributed by atoms with Gasteiger partial charge in [0.25, 0.3) is 0 Å². The Labute approximate surface area is 126 Å². The Kier molecular flexibility index (Phi) is 9.55. The van der Waals surface area contributed by atoms with Crippen LogP contribution in [0.3, 0.4) is 0 Å². The van der Waals surface area contributed by atoms with Crippen LogP contribution in [0.2, 0.25) is 0 Å². The van der Waals surface area contributed by atoms with Crippen molar-refractivity contribution in [1.29, 1.82) is 0 Å². The summed E-state index contributed by atoms with van der Waals surface area (Å²) in [4.78, 5) is 36.3. The molecular weight excluding hydrogens is 274 g/mol. The van der Waals surface area contributed by atoms with Crippen molar-refractivity contribution in [3.8, 4) is 0 Å². The van der Waals surface area contributed by atoms with Gasteiger partial charge in [-0.05, 0) is 6.42 Å². The standard InChI is InChI=1S/C13H21NO3S.C2H6/c1-4-6-14-12(16)8-11(13(14)17)18-7-5-10(15)9(2)3;1-2/h9,11H,4-8H2,1-3H3;1-2H3. The van der Waals surface area contributed by atoms with E-state index in [2.05, 4.69) is 0 Å². The normalized spacial score (nSPS) is 18.3. The van der Waals surface area contributed by atoms with Gasteiger partial charge < -0.3 is 0 Å². The van der Waals surface area contributed by atoms with Crippen LogP contribution in [-0.2, 0) is 14.4 Å². The number of likely N-dealkylation sites (tertiary alicyclic amines) is 1. The van der Waals surface area contributed by atoms with Crippen molar-refractivity contribution in [2.24, 2.45) is 5.92 Å². The fraction of sp³-hybridized carbons (Fsp3) is 0.800. The first-order valence-electron chi connectivity index (χ1n) is 7.45. The van der Waals surface area contributed by atoms with Crippen LogP contribution in [0.1, 0.15) is 53.9 Å². The molecule has 0 radical (unpaired) electrons. The van der Waals surface area contributed by atoms with Gasteiger partial charge in [0.2, 0.25) is 11.8 Å². The SMILES string of the molecule is CC.CCCN1C(=O)CC(SCCC(=O)C(C)C)C1=O. The van der Waals surface area contributed by atoms with Crippen molar-refractivity contribution in [2.75, 3.05) is 12.3 Å².